The molecule has 1 aliphatic rings. The van der Waals surface area contributed by atoms with Crippen molar-refractivity contribution in [3.05, 3.63) is 144 Å². The van der Waals surface area contributed by atoms with Crippen LogP contribution < -0.4 is 0 Å². The number of ether oxygens (including phenoxy) is 3. The third-order valence-corrected chi connectivity index (χ3v) is 8.57. The van der Waals surface area contributed by atoms with E-state index in [-0.39, 0.29) is 31.0 Å². The summed E-state index contributed by atoms with van der Waals surface area (Å²) in [4.78, 5) is 2.41. The standard InChI is InChI=1S/C37H43NO6S/c1-45(39,40)44-24-14-23-34(41-27-31-17-8-3-9-18-31)36-37(43-29-33-21-12-5-13-22-33)35(42-28-32-19-10-4-11-20-32)26-38(36)25-30-15-6-2-7-16-30/h2-13,15-22,34-37H,14,23-29H2,1H3/t34-,35-,36-,37-/m0/s1. The van der Waals surface area contributed by atoms with Crippen molar-refractivity contribution in [2.75, 3.05) is 19.4 Å². The van der Waals surface area contributed by atoms with E-state index in [4.69, 9.17) is 18.4 Å². The first-order valence-corrected chi connectivity index (χ1v) is 17.4. The molecule has 5 rings (SSSR count). The Balaban J connectivity index is 1.44. The number of nitrogens with zero attached hydrogens (tertiary/aromatic N) is 1. The van der Waals surface area contributed by atoms with Gasteiger partial charge in [0.25, 0.3) is 10.1 Å². The minimum atomic E-state index is -3.54. The van der Waals surface area contributed by atoms with Crippen LogP contribution in [0.3, 0.4) is 0 Å². The first-order valence-electron chi connectivity index (χ1n) is 15.5. The molecular formula is C37H43NO6S. The summed E-state index contributed by atoms with van der Waals surface area (Å²) < 4.78 is 48.7. The second kappa shape index (κ2) is 16.8. The zero-order valence-corrected chi connectivity index (χ0v) is 26.6. The van der Waals surface area contributed by atoms with Gasteiger partial charge in [-0.05, 0) is 35.1 Å². The molecule has 45 heavy (non-hydrogen) atoms. The largest absolute Gasteiger partial charge is 0.372 e. The van der Waals surface area contributed by atoms with Crippen LogP contribution in [0.5, 0.6) is 0 Å². The monoisotopic (exact) mass is 629 g/mol. The molecule has 0 N–H and O–H groups in total. The summed E-state index contributed by atoms with van der Waals surface area (Å²) >= 11 is 0. The van der Waals surface area contributed by atoms with Crippen molar-refractivity contribution in [2.45, 2.75) is 63.6 Å². The highest BCUT2D eigenvalue weighted by molar-refractivity contribution is 7.85. The lowest BCUT2D eigenvalue weighted by molar-refractivity contribution is -0.104. The third-order valence-electron chi connectivity index (χ3n) is 7.98. The molecule has 0 amide bonds. The fourth-order valence-electron chi connectivity index (χ4n) is 5.84. The van der Waals surface area contributed by atoms with Gasteiger partial charge in [0.15, 0.2) is 0 Å². The maximum Gasteiger partial charge on any atom is 0.264 e. The molecule has 1 saturated heterocycles. The van der Waals surface area contributed by atoms with Gasteiger partial charge in [0.1, 0.15) is 6.10 Å². The molecule has 0 saturated carbocycles. The molecule has 1 heterocycles. The van der Waals surface area contributed by atoms with Crippen molar-refractivity contribution in [1.29, 1.82) is 0 Å². The van der Waals surface area contributed by atoms with Crippen molar-refractivity contribution >= 4 is 10.1 Å². The van der Waals surface area contributed by atoms with E-state index in [0.717, 1.165) is 22.9 Å². The Morgan fingerprint density at radius 3 is 1.71 bits per heavy atom. The molecule has 0 aliphatic carbocycles. The molecule has 238 valence electrons. The van der Waals surface area contributed by atoms with Crippen LogP contribution in [0.4, 0.5) is 0 Å². The number of likely N-dealkylation sites (tertiary alicyclic amines) is 1. The number of benzene rings is 4. The van der Waals surface area contributed by atoms with Crippen LogP contribution in [0.2, 0.25) is 0 Å². The van der Waals surface area contributed by atoms with Crippen LogP contribution in [0.1, 0.15) is 35.1 Å². The van der Waals surface area contributed by atoms with E-state index in [1.807, 2.05) is 60.7 Å². The Morgan fingerprint density at radius 1 is 0.689 bits per heavy atom. The Morgan fingerprint density at radius 2 is 1.18 bits per heavy atom. The molecule has 4 aromatic carbocycles. The SMILES string of the molecule is CS(=O)(=O)OCCC[C@H](OCc1ccccc1)[C@H]1[C@@H](OCc2ccccc2)[C@@H](OCc2ccccc2)CN1Cc1ccccc1. The predicted molar refractivity (Wildman–Crippen MR) is 176 cm³/mol. The van der Waals surface area contributed by atoms with Gasteiger partial charge in [-0.2, -0.15) is 8.42 Å². The molecule has 0 spiro atoms. The lowest BCUT2D eigenvalue weighted by Crippen LogP contribution is -2.47. The van der Waals surface area contributed by atoms with Crippen molar-refractivity contribution in [2.24, 2.45) is 0 Å². The number of hydrogen-bond acceptors (Lipinski definition) is 7. The summed E-state index contributed by atoms with van der Waals surface area (Å²) in [7, 11) is -3.54. The number of rotatable bonds is 17. The van der Waals surface area contributed by atoms with Gasteiger partial charge in [0.05, 0.1) is 50.9 Å². The van der Waals surface area contributed by atoms with Crippen molar-refractivity contribution in [1.82, 2.24) is 4.90 Å². The number of hydrogen-bond donors (Lipinski definition) is 0. The van der Waals surface area contributed by atoms with E-state index in [9.17, 15) is 8.42 Å². The highest BCUT2D eigenvalue weighted by Crippen LogP contribution is 2.33. The molecule has 0 radical (unpaired) electrons. The molecule has 4 aromatic rings. The van der Waals surface area contributed by atoms with Crippen LogP contribution >= 0.6 is 0 Å². The minimum absolute atomic E-state index is 0.0961. The highest BCUT2D eigenvalue weighted by atomic mass is 32.2. The molecule has 7 nitrogen and oxygen atoms in total. The van der Waals surface area contributed by atoms with Gasteiger partial charge in [-0.25, -0.2) is 0 Å². The zero-order valence-electron chi connectivity index (χ0n) is 25.8. The van der Waals surface area contributed by atoms with E-state index >= 15 is 0 Å². The molecule has 0 bridgehead atoms. The summed E-state index contributed by atoms with van der Waals surface area (Å²) in [5.41, 5.74) is 4.45. The lowest BCUT2D eigenvalue weighted by atomic mass is 9.99. The first-order chi connectivity index (χ1) is 21.9. The first kappa shape index (κ1) is 33.0. The fourth-order valence-corrected chi connectivity index (χ4v) is 6.26. The van der Waals surface area contributed by atoms with Gasteiger partial charge in [-0.15, -0.1) is 0 Å². The zero-order chi connectivity index (χ0) is 31.3. The molecule has 8 heteroatoms. The van der Waals surface area contributed by atoms with Gasteiger partial charge >= 0.3 is 0 Å². The third kappa shape index (κ3) is 10.6. The Hall–Kier alpha value is -3.37. The smallest absolute Gasteiger partial charge is 0.264 e. The summed E-state index contributed by atoms with van der Waals surface area (Å²) in [6.07, 6.45) is 1.41. The van der Waals surface area contributed by atoms with Crippen molar-refractivity contribution in [3.63, 3.8) is 0 Å². The van der Waals surface area contributed by atoms with Crippen LogP contribution in [0, 0.1) is 0 Å². The molecule has 0 unspecified atom stereocenters. The van der Waals surface area contributed by atoms with Crippen LogP contribution in [0.25, 0.3) is 0 Å². The Labute approximate surface area is 267 Å². The topological polar surface area (TPSA) is 74.3 Å². The second-order valence-corrected chi connectivity index (χ2v) is 13.1. The van der Waals surface area contributed by atoms with Gasteiger partial charge in [-0.1, -0.05) is 121 Å². The normalized spacial score (nSPS) is 19.4. The van der Waals surface area contributed by atoms with Crippen molar-refractivity contribution < 1.29 is 26.8 Å². The summed E-state index contributed by atoms with van der Waals surface area (Å²) in [5, 5.41) is 0. The van der Waals surface area contributed by atoms with Crippen LogP contribution in [0.15, 0.2) is 121 Å². The summed E-state index contributed by atoms with van der Waals surface area (Å²) in [6.45, 7) is 2.80. The fraction of sp³-hybridized carbons (Fsp3) is 0.351. The average Bonchev–Trinajstić information content (AvgIpc) is 3.40. The summed E-state index contributed by atoms with van der Waals surface area (Å²) in [6, 6.07) is 40.7. The van der Waals surface area contributed by atoms with E-state index in [0.29, 0.717) is 45.8 Å². The quantitative estimate of drug-likeness (QED) is 0.0991. The van der Waals surface area contributed by atoms with Gasteiger partial charge in [-0.3, -0.25) is 9.08 Å². The Kier molecular flexibility index (Phi) is 12.3. The highest BCUT2D eigenvalue weighted by Gasteiger charge is 2.47. The molecule has 1 fully saturated rings. The molecular weight excluding hydrogens is 586 g/mol. The lowest BCUT2D eigenvalue weighted by Gasteiger charge is -2.35. The molecule has 1 aliphatic heterocycles. The Bertz CT molecular complexity index is 1510. The predicted octanol–water partition coefficient (Wildman–Crippen LogP) is 6.38. The maximum absolute atomic E-state index is 11.7. The molecule has 0 aromatic heterocycles. The van der Waals surface area contributed by atoms with Crippen molar-refractivity contribution in [3.8, 4) is 0 Å². The summed E-state index contributed by atoms with van der Waals surface area (Å²) in [5.74, 6) is 0. The van der Waals surface area contributed by atoms with E-state index in [2.05, 4.69) is 65.6 Å². The van der Waals surface area contributed by atoms with E-state index in [1.165, 1.54) is 5.56 Å². The average molecular weight is 630 g/mol. The van der Waals surface area contributed by atoms with Gasteiger partial charge in [0, 0.05) is 13.1 Å². The van der Waals surface area contributed by atoms with Gasteiger partial charge < -0.3 is 14.2 Å². The van der Waals surface area contributed by atoms with E-state index < -0.39 is 10.1 Å². The van der Waals surface area contributed by atoms with E-state index in [1.54, 1.807) is 0 Å². The van der Waals surface area contributed by atoms with Crippen LogP contribution in [-0.2, 0) is 54.9 Å². The molecule has 4 atom stereocenters. The van der Waals surface area contributed by atoms with Gasteiger partial charge in [0.2, 0.25) is 0 Å². The second-order valence-electron chi connectivity index (χ2n) is 11.5. The maximum atomic E-state index is 11.7. The van der Waals surface area contributed by atoms with Crippen LogP contribution in [-0.4, -0.2) is 57.1 Å². The minimum Gasteiger partial charge on any atom is -0.372 e.